The molecule has 1 aliphatic heterocycles. The maximum atomic E-state index is 12.5. The number of nitrogens with zero attached hydrogens (tertiary/aromatic N) is 2. The highest BCUT2D eigenvalue weighted by molar-refractivity contribution is 5.96. The second-order valence-electron chi connectivity index (χ2n) is 10.1. The second kappa shape index (κ2) is 10.5. The van der Waals surface area contributed by atoms with Gasteiger partial charge < -0.3 is 15.5 Å². The van der Waals surface area contributed by atoms with Crippen LogP contribution in [0.2, 0.25) is 0 Å². The Hall–Kier alpha value is -2.63. The Morgan fingerprint density at radius 1 is 1.00 bits per heavy atom. The van der Waals surface area contributed by atoms with Crippen LogP contribution in [0.15, 0.2) is 24.3 Å². The summed E-state index contributed by atoms with van der Waals surface area (Å²) in [6.45, 7) is 8.70. The monoisotopic (exact) mass is 450 g/mol. The Labute approximate surface area is 197 Å². The second-order valence-corrected chi connectivity index (χ2v) is 10.1. The number of hydrogen-bond donors (Lipinski definition) is 2. The number of carbonyl (C=O) groups excluding carboxylic acids is 2. The molecule has 1 aromatic heterocycles. The first kappa shape index (κ1) is 23.5. The number of aromatic nitrogens is 1. The number of pyridine rings is 1. The molecular weight excluding hydrogens is 412 g/mol. The lowest BCUT2D eigenvalue weighted by Crippen LogP contribution is -2.43. The van der Waals surface area contributed by atoms with E-state index in [1.54, 1.807) is 0 Å². The van der Waals surface area contributed by atoms with E-state index in [-0.39, 0.29) is 30.7 Å². The number of rotatable bonds is 6. The minimum Gasteiger partial charge on any atom is -0.357 e. The van der Waals surface area contributed by atoms with Crippen molar-refractivity contribution in [3.05, 3.63) is 29.8 Å². The molecule has 2 N–H and O–H groups in total. The smallest absolute Gasteiger partial charge is 0.224 e. The molecule has 2 fully saturated rings. The van der Waals surface area contributed by atoms with Gasteiger partial charge in [-0.15, -0.1) is 0 Å². The molecule has 2 aromatic rings. The van der Waals surface area contributed by atoms with E-state index < -0.39 is 0 Å². The highest BCUT2D eigenvalue weighted by Crippen LogP contribution is 2.30. The molecular formula is C27H38N4O2. The van der Waals surface area contributed by atoms with Crippen molar-refractivity contribution in [2.45, 2.75) is 78.2 Å². The van der Waals surface area contributed by atoms with E-state index >= 15 is 0 Å². The fourth-order valence-electron chi connectivity index (χ4n) is 5.25. The van der Waals surface area contributed by atoms with Crippen LogP contribution in [-0.4, -0.2) is 35.9 Å². The summed E-state index contributed by atoms with van der Waals surface area (Å²) in [6, 6.07) is 8.24. The van der Waals surface area contributed by atoms with Crippen LogP contribution >= 0.6 is 0 Å². The number of fused-ring (bicyclic) bond motifs is 1. The van der Waals surface area contributed by atoms with Crippen LogP contribution in [0.1, 0.15) is 70.8 Å². The van der Waals surface area contributed by atoms with Crippen molar-refractivity contribution < 1.29 is 9.59 Å². The molecule has 1 aliphatic carbocycles. The van der Waals surface area contributed by atoms with E-state index in [1.807, 2.05) is 18.2 Å². The normalized spacial score (nSPS) is 23.4. The lowest BCUT2D eigenvalue weighted by Gasteiger charge is -2.34. The summed E-state index contributed by atoms with van der Waals surface area (Å²) in [4.78, 5) is 32.1. The van der Waals surface area contributed by atoms with Gasteiger partial charge in [0.25, 0.3) is 0 Å². The zero-order chi connectivity index (χ0) is 23.4. The van der Waals surface area contributed by atoms with Gasteiger partial charge in [-0.3, -0.25) is 9.59 Å². The lowest BCUT2D eigenvalue weighted by molar-refractivity contribution is -0.125. The van der Waals surface area contributed by atoms with Gasteiger partial charge >= 0.3 is 0 Å². The van der Waals surface area contributed by atoms with Crippen molar-refractivity contribution in [3.8, 4) is 0 Å². The van der Waals surface area contributed by atoms with Crippen LogP contribution in [0.3, 0.4) is 0 Å². The Balaban J connectivity index is 1.33. The summed E-state index contributed by atoms with van der Waals surface area (Å²) in [6.07, 6.45) is 7.58. The standard InChI is InChI=1S/C27H38N4O2/c1-18-8-7-9-23(20(18)3)30-27(33)13-12-26(32)28-21-10-11-24-22(17-21)19(2)16-25(29-24)31-14-5-4-6-15-31/h10-11,16-18,20,23H,4-9,12-15H2,1-3H3,(H,28,32)(H,30,33)/t18-,20-,23+/m0/s1. The van der Waals surface area contributed by atoms with Crippen molar-refractivity contribution >= 4 is 34.2 Å². The number of benzene rings is 1. The first-order valence-electron chi connectivity index (χ1n) is 12.7. The van der Waals surface area contributed by atoms with Crippen LogP contribution in [0.25, 0.3) is 10.9 Å². The van der Waals surface area contributed by atoms with Gasteiger partial charge in [-0.25, -0.2) is 4.98 Å². The average Bonchev–Trinajstić information content (AvgIpc) is 2.81. The molecule has 1 aromatic carbocycles. The third-order valence-electron chi connectivity index (χ3n) is 7.60. The number of aryl methyl sites for hydroxylation is 1. The molecule has 2 aliphatic rings. The summed E-state index contributed by atoms with van der Waals surface area (Å²) in [5, 5.41) is 7.16. The Kier molecular flexibility index (Phi) is 7.51. The van der Waals surface area contributed by atoms with Crippen LogP contribution in [-0.2, 0) is 9.59 Å². The Bertz CT molecular complexity index is 999. The van der Waals surface area contributed by atoms with Crippen LogP contribution in [0, 0.1) is 18.8 Å². The van der Waals surface area contributed by atoms with Crippen LogP contribution < -0.4 is 15.5 Å². The summed E-state index contributed by atoms with van der Waals surface area (Å²) in [5.74, 6) is 2.00. The molecule has 3 atom stereocenters. The third-order valence-corrected chi connectivity index (χ3v) is 7.60. The largest absolute Gasteiger partial charge is 0.357 e. The highest BCUT2D eigenvalue weighted by atomic mass is 16.2. The molecule has 1 saturated carbocycles. The summed E-state index contributed by atoms with van der Waals surface area (Å²) < 4.78 is 0. The fourth-order valence-corrected chi connectivity index (χ4v) is 5.25. The Morgan fingerprint density at radius 2 is 1.76 bits per heavy atom. The number of nitrogens with one attached hydrogen (secondary N) is 2. The molecule has 0 unspecified atom stereocenters. The minimum atomic E-state index is -0.134. The predicted octanol–water partition coefficient (Wildman–Crippen LogP) is 5.19. The molecule has 0 radical (unpaired) electrons. The third kappa shape index (κ3) is 5.84. The zero-order valence-electron chi connectivity index (χ0n) is 20.3. The van der Waals surface area contributed by atoms with E-state index in [4.69, 9.17) is 4.98 Å². The number of hydrogen-bond acceptors (Lipinski definition) is 4. The molecule has 1 saturated heterocycles. The molecule has 4 rings (SSSR count). The summed E-state index contributed by atoms with van der Waals surface area (Å²) >= 11 is 0. The van der Waals surface area contributed by atoms with E-state index in [0.29, 0.717) is 11.8 Å². The molecule has 6 nitrogen and oxygen atoms in total. The van der Waals surface area contributed by atoms with Crippen molar-refractivity contribution in [1.29, 1.82) is 0 Å². The highest BCUT2D eigenvalue weighted by Gasteiger charge is 2.28. The van der Waals surface area contributed by atoms with Crippen LogP contribution in [0.5, 0.6) is 0 Å². The van der Waals surface area contributed by atoms with Gasteiger partial charge in [0.1, 0.15) is 5.82 Å². The predicted molar refractivity (Wildman–Crippen MR) is 135 cm³/mol. The molecule has 0 bridgehead atoms. The van der Waals surface area contributed by atoms with Crippen molar-refractivity contribution in [3.63, 3.8) is 0 Å². The molecule has 178 valence electrons. The van der Waals surface area contributed by atoms with Gasteiger partial charge in [0.05, 0.1) is 5.52 Å². The van der Waals surface area contributed by atoms with E-state index in [1.165, 1.54) is 25.7 Å². The van der Waals surface area contributed by atoms with Gasteiger partial charge in [-0.05, 0) is 74.3 Å². The molecule has 6 heteroatoms. The van der Waals surface area contributed by atoms with Crippen LogP contribution in [0.4, 0.5) is 11.5 Å². The topological polar surface area (TPSA) is 74.3 Å². The molecule has 2 amide bonds. The summed E-state index contributed by atoms with van der Waals surface area (Å²) in [5.41, 5.74) is 2.86. The van der Waals surface area contributed by atoms with Gasteiger partial charge in [-0.1, -0.05) is 26.7 Å². The van der Waals surface area contributed by atoms with Gasteiger partial charge in [0, 0.05) is 43.0 Å². The number of carbonyl (C=O) groups is 2. The number of anilines is 2. The lowest BCUT2D eigenvalue weighted by atomic mass is 9.78. The van der Waals surface area contributed by atoms with E-state index in [2.05, 4.69) is 42.4 Å². The van der Waals surface area contributed by atoms with Gasteiger partial charge in [0.15, 0.2) is 0 Å². The summed E-state index contributed by atoms with van der Waals surface area (Å²) in [7, 11) is 0. The Morgan fingerprint density at radius 3 is 2.55 bits per heavy atom. The van der Waals surface area contributed by atoms with Crippen molar-refractivity contribution in [2.24, 2.45) is 11.8 Å². The van der Waals surface area contributed by atoms with Gasteiger partial charge in [0.2, 0.25) is 11.8 Å². The zero-order valence-corrected chi connectivity index (χ0v) is 20.3. The first-order valence-corrected chi connectivity index (χ1v) is 12.7. The van der Waals surface area contributed by atoms with Crippen molar-refractivity contribution in [1.82, 2.24) is 10.3 Å². The van der Waals surface area contributed by atoms with E-state index in [9.17, 15) is 9.59 Å². The maximum absolute atomic E-state index is 12.5. The van der Waals surface area contributed by atoms with E-state index in [0.717, 1.165) is 53.9 Å². The van der Waals surface area contributed by atoms with Gasteiger partial charge in [-0.2, -0.15) is 0 Å². The minimum absolute atomic E-state index is 0.0279. The molecule has 2 heterocycles. The maximum Gasteiger partial charge on any atom is 0.224 e. The molecule has 33 heavy (non-hydrogen) atoms. The van der Waals surface area contributed by atoms with Crippen molar-refractivity contribution in [2.75, 3.05) is 23.3 Å². The SMILES string of the molecule is Cc1cc(N2CCCCC2)nc2ccc(NC(=O)CCC(=O)N[C@@H]3CCC[C@H](C)[C@@H]3C)cc12. The first-order chi connectivity index (χ1) is 15.9. The quantitative estimate of drug-likeness (QED) is 0.635. The number of amides is 2. The number of piperidine rings is 1. The average molecular weight is 451 g/mol. The fraction of sp³-hybridized carbons (Fsp3) is 0.593. The molecule has 0 spiro atoms.